The Labute approximate surface area is 155 Å². The maximum absolute atomic E-state index is 11.1. The fourth-order valence-electron chi connectivity index (χ4n) is 2.71. The third-order valence-corrected chi connectivity index (χ3v) is 3.78. The van der Waals surface area contributed by atoms with Crippen molar-refractivity contribution in [1.29, 1.82) is 0 Å². The van der Waals surface area contributed by atoms with Gasteiger partial charge in [-0.15, -0.1) is 0 Å². The van der Waals surface area contributed by atoms with E-state index in [2.05, 4.69) is 15.0 Å². The van der Waals surface area contributed by atoms with Crippen LogP contribution in [0.4, 0.5) is 11.6 Å². The highest BCUT2D eigenvalue weighted by Gasteiger charge is 2.18. The minimum atomic E-state index is -0.429. The summed E-state index contributed by atoms with van der Waals surface area (Å²) in [5.41, 5.74) is 8.94. The van der Waals surface area contributed by atoms with Crippen LogP contribution in [-0.2, 0) is 0 Å². The van der Waals surface area contributed by atoms with E-state index in [1.54, 1.807) is 24.4 Å². The lowest BCUT2D eigenvalue weighted by atomic mass is 10.1. The van der Waals surface area contributed by atoms with Crippen LogP contribution in [-0.4, -0.2) is 24.3 Å². The molecular weight excluding hydrogens is 344 g/mol. The summed E-state index contributed by atoms with van der Waals surface area (Å²) in [6.45, 7) is 4.00. The molecule has 0 aliphatic carbocycles. The molecule has 1 aromatic carbocycles. The highest BCUT2D eigenvalue weighted by atomic mass is 16.6. The van der Waals surface area contributed by atoms with Gasteiger partial charge in [-0.2, -0.15) is 0 Å². The van der Waals surface area contributed by atoms with Crippen LogP contribution in [0.15, 0.2) is 60.9 Å². The molecule has 2 N–H and O–H groups in total. The summed E-state index contributed by atoms with van der Waals surface area (Å²) in [5, 5.41) is 11.1. The second-order valence-corrected chi connectivity index (χ2v) is 5.35. The second kappa shape index (κ2) is 7.61. The first-order chi connectivity index (χ1) is 13.1. The van der Waals surface area contributed by atoms with Crippen LogP contribution >= 0.6 is 0 Å². The van der Waals surface area contributed by atoms with Crippen molar-refractivity contribution in [3.8, 4) is 22.6 Å². The lowest BCUT2D eigenvalue weighted by Crippen LogP contribution is -1.98. The molecule has 0 amide bonds. The van der Waals surface area contributed by atoms with Gasteiger partial charge in [0.2, 0.25) is 5.95 Å². The number of nitrogen functional groups attached to an aromatic ring is 1. The van der Waals surface area contributed by atoms with Gasteiger partial charge in [0.25, 0.3) is 5.69 Å². The molecule has 0 aliphatic heterocycles. The Hall–Kier alpha value is -3.81. The highest BCUT2D eigenvalue weighted by molar-refractivity contribution is 5.81. The third kappa shape index (κ3) is 3.45. The van der Waals surface area contributed by atoms with Gasteiger partial charge in [-0.1, -0.05) is 32.0 Å². The standard InChI is InChI=1S/C17H12N6O2.C2H6/c18-17-19-8-7-13(20-17)16-15(21-14-6-1-2-9-22(14)16)11-4-3-5-12(10-11)23(24)25;1-2/h1-10H,(H2,18,19,20);1-2H3. The van der Waals surface area contributed by atoms with E-state index in [1.165, 1.54) is 12.1 Å². The Bertz CT molecular complexity index is 1110. The molecule has 0 saturated carbocycles. The first-order valence-electron chi connectivity index (χ1n) is 8.44. The molecule has 8 heteroatoms. The number of rotatable bonds is 3. The molecule has 3 aromatic heterocycles. The molecule has 3 heterocycles. The van der Waals surface area contributed by atoms with Gasteiger partial charge in [-0.25, -0.2) is 15.0 Å². The number of hydrogen-bond donors (Lipinski definition) is 1. The van der Waals surface area contributed by atoms with Gasteiger partial charge in [-0.05, 0) is 18.2 Å². The van der Waals surface area contributed by atoms with Crippen molar-refractivity contribution >= 4 is 17.3 Å². The summed E-state index contributed by atoms with van der Waals surface area (Å²) in [6.07, 6.45) is 3.42. The second-order valence-electron chi connectivity index (χ2n) is 5.35. The predicted octanol–water partition coefficient (Wildman–Crippen LogP) is 3.97. The number of pyridine rings is 1. The number of nitrogens with two attached hydrogens (primary N) is 1. The van der Waals surface area contributed by atoms with E-state index in [0.717, 1.165) is 0 Å². The maximum Gasteiger partial charge on any atom is 0.270 e. The van der Waals surface area contributed by atoms with Crippen LogP contribution in [0.2, 0.25) is 0 Å². The number of imidazole rings is 1. The number of hydrogen-bond acceptors (Lipinski definition) is 6. The monoisotopic (exact) mass is 362 g/mol. The molecule has 0 atom stereocenters. The summed E-state index contributed by atoms with van der Waals surface area (Å²) >= 11 is 0. The molecule has 4 aromatic rings. The molecule has 0 saturated heterocycles. The van der Waals surface area contributed by atoms with Crippen molar-refractivity contribution in [3.05, 3.63) is 71.0 Å². The number of nitrogens with zero attached hydrogens (tertiary/aromatic N) is 5. The van der Waals surface area contributed by atoms with Gasteiger partial charge in [0, 0.05) is 30.1 Å². The van der Waals surface area contributed by atoms with Gasteiger partial charge in [-0.3, -0.25) is 14.5 Å². The minimum Gasteiger partial charge on any atom is -0.368 e. The Morgan fingerprint density at radius 2 is 1.89 bits per heavy atom. The van der Waals surface area contributed by atoms with Crippen molar-refractivity contribution in [2.24, 2.45) is 0 Å². The van der Waals surface area contributed by atoms with E-state index >= 15 is 0 Å². The zero-order chi connectivity index (χ0) is 19.4. The SMILES string of the molecule is CC.Nc1nccc(-c2c(-c3cccc([N+](=O)[O-])c3)nc3ccccn23)n1. The summed E-state index contributed by atoms with van der Waals surface area (Å²) in [7, 11) is 0. The van der Waals surface area contributed by atoms with E-state index in [4.69, 9.17) is 5.73 Å². The van der Waals surface area contributed by atoms with E-state index in [1.807, 2.05) is 42.6 Å². The van der Waals surface area contributed by atoms with Crippen LogP contribution in [0, 0.1) is 10.1 Å². The number of nitro benzene ring substituents is 1. The number of aromatic nitrogens is 4. The Kier molecular flexibility index (Phi) is 5.07. The Morgan fingerprint density at radius 1 is 1.07 bits per heavy atom. The number of nitro groups is 1. The van der Waals surface area contributed by atoms with Gasteiger partial charge in [0.15, 0.2) is 0 Å². The van der Waals surface area contributed by atoms with Gasteiger partial charge in [0.1, 0.15) is 5.65 Å². The van der Waals surface area contributed by atoms with Crippen LogP contribution in [0.25, 0.3) is 28.3 Å². The van der Waals surface area contributed by atoms with Crippen LogP contribution in [0.1, 0.15) is 13.8 Å². The topological polar surface area (TPSA) is 112 Å². The lowest BCUT2D eigenvalue weighted by Gasteiger charge is -2.05. The minimum absolute atomic E-state index is 0.00251. The van der Waals surface area contributed by atoms with E-state index in [-0.39, 0.29) is 11.6 Å². The molecule has 8 nitrogen and oxygen atoms in total. The van der Waals surface area contributed by atoms with Crippen LogP contribution < -0.4 is 5.73 Å². The molecule has 0 fully saturated rings. The highest BCUT2D eigenvalue weighted by Crippen LogP contribution is 2.33. The molecular formula is C19H18N6O2. The normalized spacial score (nSPS) is 10.3. The van der Waals surface area contributed by atoms with E-state index in [0.29, 0.717) is 28.3 Å². The smallest absolute Gasteiger partial charge is 0.270 e. The van der Waals surface area contributed by atoms with E-state index in [9.17, 15) is 10.1 Å². The molecule has 0 unspecified atom stereocenters. The first kappa shape index (κ1) is 18.0. The van der Waals surface area contributed by atoms with E-state index < -0.39 is 4.92 Å². The first-order valence-corrected chi connectivity index (χ1v) is 8.44. The van der Waals surface area contributed by atoms with Crippen molar-refractivity contribution in [3.63, 3.8) is 0 Å². The average molecular weight is 362 g/mol. The summed E-state index contributed by atoms with van der Waals surface area (Å²) in [5.74, 6) is 0.147. The van der Waals surface area contributed by atoms with Gasteiger partial charge in [0.05, 0.1) is 22.0 Å². The molecule has 0 radical (unpaired) electrons. The fourth-order valence-corrected chi connectivity index (χ4v) is 2.71. The van der Waals surface area contributed by atoms with Crippen molar-refractivity contribution in [2.45, 2.75) is 13.8 Å². The zero-order valence-electron chi connectivity index (χ0n) is 14.9. The maximum atomic E-state index is 11.1. The van der Waals surface area contributed by atoms with Crippen LogP contribution in [0.5, 0.6) is 0 Å². The van der Waals surface area contributed by atoms with Crippen LogP contribution in [0.3, 0.4) is 0 Å². The summed E-state index contributed by atoms with van der Waals surface area (Å²) in [4.78, 5) is 23.5. The zero-order valence-corrected chi connectivity index (χ0v) is 14.9. The molecule has 136 valence electrons. The predicted molar refractivity (Wildman–Crippen MR) is 104 cm³/mol. The molecule has 0 bridgehead atoms. The number of non-ortho nitro benzene ring substituents is 1. The quantitative estimate of drug-likeness (QED) is 0.436. The van der Waals surface area contributed by atoms with Gasteiger partial charge >= 0.3 is 0 Å². The number of benzene rings is 1. The van der Waals surface area contributed by atoms with Gasteiger partial charge < -0.3 is 5.73 Å². The number of fused-ring (bicyclic) bond motifs is 1. The third-order valence-electron chi connectivity index (χ3n) is 3.78. The largest absolute Gasteiger partial charge is 0.368 e. The van der Waals surface area contributed by atoms with Crippen molar-refractivity contribution < 1.29 is 4.92 Å². The number of anilines is 1. The molecule has 0 aliphatic rings. The summed E-state index contributed by atoms with van der Waals surface area (Å²) in [6, 6.07) is 13.7. The average Bonchev–Trinajstić information content (AvgIpc) is 3.09. The van der Waals surface area contributed by atoms with Crippen molar-refractivity contribution in [1.82, 2.24) is 19.4 Å². The molecule has 0 spiro atoms. The summed E-state index contributed by atoms with van der Waals surface area (Å²) < 4.78 is 1.87. The molecule has 4 rings (SSSR count). The Balaban J connectivity index is 0.00000102. The van der Waals surface area contributed by atoms with Crippen molar-refractivity contribution in [2.75, 3.05) is 5.73 Å². The molecule has 27 heavy (non-hydrogen) atoms. The Morgan fingerprint density at radius 3 is 2.63 bits per heavy atom. The lowest BCUT2D eigenvalue weighted by molar-refractivity contribution is -0.384. The fraction of sp³-hybridized carbons (Fsp3) is 0.105.